The first-order chi connectivity index (χ1) is 12.4. The van der Waals surface area contributed by atoms with Crippen molar-refractivity contribution in [2.75, 3.05) is 26.4 Å². The predicted octanol–water partition coefficient (Wildman–Crippen LogP) is 1.76. The Labute approximate surface area is 160 Å². The number of hydrogen-bond donors (Lipinski definition) is 1. The monoisotopic (exact) mass is 384 g/mol. The van der Waals surface area contributed by atoms with Gasteiger partial charge in [-0.1, -0.05) is 34.6 Å². The van der Waals surface area contributed by atoms with Crippen LogP contribution in [0.25, 0.3) is 0 Å². The molecule has 1 aliphatic heterocycles. The normalized spacial score (nSPS) is 18.8. The summed E-state index contributed by atoms with van der Waals surface area (Å²) < 4.78 is 10.3. The summed E-state index contributed by atoms with van der Waals surface area (Å²) in [4.78, 5) is 48.7. The van der Waals surface area contributed by atoms with Crippen LogP contribution >= 0.6 is 0 Å². The lowest BCUT2D eigenvalue weighted by atomic mass is 9.80. The summed E-state index contributed by atoms with van der Waals surface area (Å²) in [6, 6.07) is -0.582. The van der Waals surface area contributed by atoms with Crippen molar-refractivity contribution in [2.45, 2.75) is 54.0 Å². The lowest BCUT2D eigenvalue weighted by Crippen LogP contribution is -2.43. The van der Waals surface area contributed by atoms with Crippen LogP contribution in [-0.4, -0.2) is 61.0 Å². The summed E-state index contributed by atoms with van der Waals surface area (Å²) >= 11 is 0. The van der Waals surface area contributed by atoms with Crippen LogP contribution in [0.15, 0.2) is 0 Å². The molecule has 0 radical (unpaired) electrons. The van der Waals surface area contributed by atoms with E-state index in [2.05, 4.69) is 5.32 Å². The highest BCUT2D eigenvalue weighted by Crippen LogP contribution is 2.35. The number of amides is 3. The molecule has 154 valence electrons. The second-order valence-electron chi connectivity index (χ2n) is 8.23. The summed E-state index contributed by atoms with van der Waals surface area (Å²) in [5.41, 5.74) is -0.253. The van der Waals surface area contributed by atoms with Gasteiger partial charge in [0, 0.05) is 6.42 Å². The molecule has 0 spiro atoms. The minimum atomic E-state index is -0.676. The van der Waals surface area contributed by atoms with E-state index >= 15 is 0 Å². The zero-order chi connectivity index (χ0) is 20.8. The number of ketones is 1. The second kappa shape index (κ2) is 9.82. The molecular formula is C19H32N2O6. The molecule has 0 saturated carbocycles. The standard InChI is InChI=1S/C19H32N2O6/c1-12(2)16(13(3)22)20-18(25)27-10-9-26-8-7-21-15(23)11-14(17(21)24)19(4,5)6/h12,14,16H,7-11H2,1-6H3,(H,20,25)/t14?,16-/m0/s1. The van der Waals surface area contributed by atoms with Gasteiger partial charge in [0.25, 0.3) is 0 Å². The van der Waals surface area contributed by atoms with Crippen LogP contribution in [0.4, 0.5) is 4.79 Å². The number of ether oxygens (including phenoxy) is 2. The molecule has 2 atom stereocenters. The van der Waals surface area contributed by atoms with Crippen molar-refractivity contribution >= 4 is 23.7 Å². The van der Waals surface area contributed by atoms with Gasteiger partial charge in [-0.05, 0) is 18.3 Å². The second-order valence-corrected chi connectivity index (χ2v) is 8.23. The SMILES string of the molecule is CC(=O)[C@@H](NC(=O)OCCOCCN1C(=O)CC(C(C)(C)C)C1=O)C(C)C. The molecule has 1 fully saturated rings. The number of Topliss-reactive ketones (excluding diaryl/α,β-unsaturated/α-hetero) is 1. The maximum atomic E-state index is 12.3. The van der Waals surface area contributed by atoms with Gasteiger partial charge in [0.15, 0.2) is 5.78 Å². The van der Waals surface area contributed by atoms with Crippen molar-refractivity contribution < 1.29 is 28.7 Å². The number of nitrogens with one attached hydrogen (secondary N) is 1. The average molecular weight is 384 g/mol. The van der Waals surface area contributed by atoms with Gasteiger partial charge < -0.3 is 14.8 Å². The van der Waals surface area contributed by atoms with Crippen LogP contribution < -0.4 is 5.32 Å². The van der Waals surface area contributed by atoms with E-state index in [1.165, 1.54) is 11.8 Å². The van der Waals surface area contributed by atoms with Crippen LogP contribution in [0.2, 0.25) is 0 Å². The zero-order valence-electron chi connectivity index (χ0n) is 17.2. The molecule has 27 heavy (non-hydrogen) atoms. The van der Waals surface area contributed by atoms with E-state index in [1.54, 1.807) is 0 Å². The van der Waals surface area contributed by atoms with Crippen molar-refractivity contribution in [1.29, 1.82) is 0 Å². The highest BCUT2D eigenvalue weighted by molar-refractivity contribution is 6.03. The number of imide groups is 1. The summed E-state index contributed by atoms with van der Waals surface area (Å²) in [5.74, 6) is -0.795. The molecule has 0 bridgehead atoms. The van der Waals surface area contributed by atoms with Crippen LogP contribution in [0.5, 0.6) is 0 Å². The van der Waals surface area contributed by atoms with Gasteiger partial charge in [0.2, 0.25) is 11.8 Å². The minimum Gasteiger partial charge on any atom is -0.447 e. The van der Waals surface area contributed by atoms with E-state index in [0.717, 1.165) is 0 Å². The average Bonchev–Trinajstić information content (AvgIpc) is 2.82. The number of rotatable bonds is 9. The third-order valence-electron chi connectivity index (χ3n) is 4.59. The molecule has 8 heteroatoms. The fourth-order valence-corrected chi connectivity index (χ4v) is 2.95. The number of likely N-dealkylation sites (tertiary alicyclic amines) is 1. The summed E-state index contributed by atoms with van der Waals surface area (Å²) in [6.07, 6.45) is -0.441. The van der Waals surface area contributed by atoms with Gasteiger partial charge in [-0.15, -0.1) is 0 Å². The summed E-state index contributed by atoms with van der Waals surface area (Å²) in [5, 5.41) is 2.52. The van der Waals surface area contributed by atoms with Crippen LogP contribution in [0, 0.1) is 17.3 Å². The molecule has 3 amide bonds. The van der Waals surface area contributed by atoms with Gasteiger partial charge in [-0.25, -0.2) is 4.79 Å². The van der Waals surface area contributed by atoms with E-state index in [1.807, 2.05) is 34.6 Å². The molecule has 1 rings (SSSR count). The van der Waals surface area contributed by atoms with Crippen LogP contribution in [-0.2, 0) is 23.9 Å². The number of carbonyl (C=O) groups is 4. The maximum Gasteiger partial charge on any atom is 0.407 e. The van der Waals surface area contributed by atoms with Gasteiger partial charge in [-0.2, -0.15) is 0 Å². The first-order valence-electron chi connectivity index (χ1n) is 9.30. The fourth-order valence-electron chi connectivity index (χ4n) is 2.95. The first kappa shape index (κ1) is 23.1. The lowest BCUT2D eigenvalue weighted by Gasteiger charge is -2.24. The Balaban J connectivity index is 2.26. The lowest BCUT2D eigenvalue weighted by molar-refractivity contribution is -0.141. The van der Waals surface area contributed by atoms with Crippen molar-refractivity contribution in [2.24, 2.45) is 17.3 Å². The Morgan fingerprint density at radius 2 is 1.81 bits per heavy atom. The Morgan fingerprint density at radius 3 is 2.30 bits per heavy atom. The Hall–Kier alpha value is -1.96. The number of carbonyl (C=O) groups excluding carboxylic acids is 4. The Kier molecular flexibility index (Phi) is 8.40. The highest BCUT2D eigenvalue weighted by atomic mass is 16.6. The number of nitrogens with zero attached hydrogens (tertiary/aromatic N) is 1. The Bertz CT molecular complexity index is 567. The molecule has 0 aromatic heterocycles. The summed E-state index contributed by atoms with van der Waals surface area (Å²) in [7, 11) is 0. The Morgan fingerprint density at radius 1 is 1.19 bits per heavy atom. The highest BCUT2D eigenvalue weighted by Gasteiger charge is 2.44. The van der Waals surface area contributed by atoms with Crippen molar-refractivity contribution in [1.82, 2.24) is 10.2 Å². The number of alkyl carbamates (subject to hydrolysis) is 1. The first-order valence-corrected chi connectivity index (χ1v) is 9.30. The molecule has 1 heterocycles. The van der Waals surface area contributed by atoms with Crippen LogP contribution in [0.1, 0.15) is 48.0 Å². The predicted molar refractivity (Wildman–Crippen MR) is 98.9 cm³/mol. The third kappa shape index (κ3) is 6.93. The van der Waals surface area contributed by atoms with E-state index in [-0.39, 0.29) is 67.6 Å². The van der Waals surface area contributed by atoms with Crippen molar-refractivity contribution in [3.8, 4) is 0 Å². The van der Waals surface area contributed by atoms with Gasteiger partial charge in [0.1, 0.15) is 6.61 Å². The third-order valence-corrected chi connectivity index (χ3v) is 4.59. The largest absolute Gasteiger partial charge is 0.447 e. The molecule has 1 N–H and O–H groups in total. The van der Waals surface area contributed by atoms with Crippen molar-refractivity contribution in [3.63, 3.8) is 0 Å². The van der Waals surface area contributed by atoms with E-state index in [9.17, 15) is 19.2 Å². The van der Waals surface area contributed by atoms with E-state index in [4.69, 9.17) is 9.47 Å². The van der Waals surface area contributed by atoms with Crippen LogP contribution in [0.3, 0.4) is 0 Å². The quantitative estimate of drug-likeness (QED) is 0.480. The number of hydrogen-bond acceptors (Lipinski definition) is 6. The van der Waals surface area contributed by atoms with E-state index in [0.29, 0.717) is 0 Å². The molecule has 0 aliphatic carbocycles. The van der Waals surface area contributed by atoms with E-state index < -0.39 is 12.1 Å². The summed E-state index contributed by atoms with van der Waals surface area (Å²) in [6.45, 7) is 11.4. The molecular weight excluding hydrogens is 352 g/mol. The molecule has 1 unspecified atom stereocenters. The topological polar surface area (TPSA) is 102 Å². The van der Waals surface area contributed by atoms with Crippen molar-refractivity contribution in [3.05, 3.63) is 0 Å². The molecule has 0 aromatic rings. The molecule has 0 aromatic carbocycles. The molecule has 1 saturated heterocycles. The van der Waals surface area contributed by atoms with Gasteiger partial charge in [0.05, 0.1) is 31.7 Å². The van der Waals surface area contributed by atoms with Gasteiger partial charge >= 0.3 is 6.09 Å². The zero-order valence-corrected chi connectivity index (χ0v) is 17.2. The molecule has 8 nitrogen and oxygen atoms in total. The smallest absolute Gasteiger partial charge is 0.407 e. The van der Waals surface area contributed by atoms with Gasteiger partial charge in [-0.3, -0.25) is 19.3 Å². The minimum absolute atomic E-state index is 0.0149. The fraction of sp³-hybridized carbons (Fsp3) is 0.789. The molecule has 1 aliphatic rings. The maximum absolute atomic E-state index is 12.3.